The molecule has 0 fully saturated rings. The van der Waals surface area contributed by atoms with Crippen LogP contribution in [0.15, 0.2) is 0 Å². The van der Waals surface area contributed by atoms with E-state index in [-0.39, 0.29) is 11.7 Å². The second-order valence-corrected chi connectivity index (χ2v) is 3.08. The third kappa shape index (κ3) is 3.03. The standard InChI is InChI=1S/C9H16O3/c1-5-12-9(11)8(6(2)3)7(4)10/h6,8H,5H2,1-4H3/t8-/m0/s1. The molecule has 0 aliphatic rings. The Morgan fingerprint density at radius 1 is 1.33 bits per heavy atom. The van der Waals surface area contributed by atoms with Crippen molar-refractivity contribution < 1.29 is 14.3 Å². The van der Waals surface area contributed by atoms with E-state index in [1.54, 1.807) is 6.92 Å². The Morgan fingerprint density at radius 3 is 2.08 bits per heavy atom. The Bertz CT molecular complexity index is 173. The maximum Gasteiger partial charge on any atom is 0.316 e. The van der Waals surface area contributed by atoms with Gasteiger partial charge in [0, 0.05) is 0 Å². The van der Waals surface area contributed by atoms with Gasteiger partial charge >= 0.3 is 5.97 Å². The van der Waals surface area contributed by atoms with Crippen LogP contribution in [0.4, 0.5) is 0 Å². The van der Waals surface area contributed by atoms with Gasteiger partial charge in [0.1, 0.15) is 11.7 Å². The Labute approximate surface area is 73.1 Å². The molecule has 0 amide bonds. The predicted molar refractivity (Wildman–Crippen MR) is 45.6 cm³/mol. The molecule has 0 spiro atoms. The summed E-state index contributed by atoms with van der Waals surface area (Å²) in [5.41, 5.74) is 0. The minimum atomic E-state index is -0.593. The van der Waals surface area contributed by atoms with Crippen LogP contribution in [-0.2, 0) is 14.3 Å². The molecular formula is C9H16O3. The Balaban J connectivity index is 4.30. The van der Waals surface area contributed by atoms with Gasteiger partial charge in [-0.2, -0.15) is 0 Å². The first-order valence-electron chi connectivity index (χ1n) is 4.17. The molecule has 0 saturated heterocycles. The molecule has 70 valence electrons. The first kappa shape index (κ1) is 11.1. The van der Waals surface area contributed by atoms with E-state index in [0.29, 0.717) is 6.61 Å². The number of Topliss-reactive ketones (excluding diaryl/α,β-unsaturated/α-hetero) is 1. The highest BCUT2D eigenvalue weighted by Crippen LogP contribution is 2.13. The van der Waals surface area contributed by atoms with E-state index < -0.39 is 11.9 Å². The zero-order chi connectivity index (χ0) is 9.72. The molecule has 0 saturated carbocycles. The Hall–Kier alpha value is -0.860. The average Bonchev–Trinajstić information content (AvgIpc) is 1.85. The van der Waals surface area contributed by atoms with Gasteiger partial charge in [-0.25, -0.2) is 0 Å². The topological polar surface area (TPSA) is 43.4 Å². The summed E-state index contributed by atoms with van der Waals surface area (Å²) in [6.07, 6.45) is 0. The lowest BCUT2D eigenvalue weighted by atomic mass is 9.92. The molecule has 0 aliphatic heterocycles. The minimum absolute atomic E-state index is 0.0153. The van der Waals surface area contributed by atoms with Gasteiger partial charge in [-0.15, -0.1) is 0 Å². The average molecular weight is 172 g/mol. The number of ether oxygens (including phenoxy) is 1. The fourth-order valence-corrected chi connectivity index (χ4v) is 1.14. The van der Waals surface area contributed by atoms with Crippen LogP contribution < -0.4 is 0 Å². The van der Waals surface area contributed by atoms with E-state index >= 15 is 0 Å². The molecule has 0 aromatic heterocycles. The van der Waals surface area contributed by atoms with Crippen LogP contribution in [0.2, 0.25) is 0 Å². The summed E-state index contributed by atoms with van der Waals surface area (Å²) in [7, 11) is 0. The second kappa shape index (κ2) is 4.91. The lowest BCUT2D eigenvalue weighted by molar-refractivity contribution is -0.152. The van der Waals surface area contributed by atoms with Crippen molar-refractivity contribution >= 4 is 11.8 Å². The minimum Gasteiger partial charge on any atom is -0.465 e. The SMILES string of the molecule is CCOC(=O)[C@H](C(C)=O)C(C)C. The molecule has 0 N–H and O–H groups in total. The van der Waals surface area contributed by atoms with Crippen molar-refractivity contribution in [3.05, 3.63) is 0 Å². The maximum absolute atomic E-state index is 11.2. The Kier molecular flexibility index (Phi) is 4.55. The van der Waals surface area contributed by atoms with Gasteiger partial charge < -0.3 is 4.74 Å². The van der Waals surface area contributed by atoms with E-state index in [9.17, 15) is 9.59 Å². The van der Waals surface area contributed by atoms with Crippen LogP contribution >= 0.6 is 0 Å². The van der Waals surface area contributed by atoms with Crippen molar-refractivity contribution in [1.29, 1.82) is 0 Å². The zero-order valence-electron chi connectivity index (χ0n) is 8.09. The number of hydrogen-bond acceptors (Lipinski definition) is 3. The maximum atomic E-state index is 11.2. The fraction of sp³-hybridized carbons (Fsp3) is 0.778. The highest BCUT2D eigenvalue weighted by molar-refractivity contribution is 5.97. The molecule has 3 nitrogen and oxygen atoms in total. The molecule has 0 aliphatic carbocycles. The monoisotopic (exact) mass is 172 g/mol. The molecule has 3 heteroatoms. The van der Waals surface area contributed by atoms with Gasteiger partial charge in [0.25, 0.3) is 0 Å². The predicted octanol–water partition coefficient (Wildman–Crippen LogP) is 1.41. The highest BCUT2D eigenvalue weighted by Gasteiger charge is 2.27. The van der Waals surface area contributed by atoms with Crippen molar-refractivity contribution in [3.8, 4) is 0 Å². The normalized spacial score (nSPS) is 12.8. The van der Waals surface area contributed by atoms with E-state index in [1.807, 2.05) is 13.8 Å². The molecule has 0 bridgehead atoms. The Morgan fingerprint density at radius 2 is 1.83 bits per heavy atom. The smallest absolute Gasteiger partial charge is 0.316 e. The van der Waals surface area contributed by atoms with Gasteiger partial charge in [-0.05, 0) is 19.8 Å². The van der Waals surface area contributed by atoms with E-state index in [4.69, 9.17) is 4.74 Å². The summed E-state index contributed by atoms with van der Waals surface area (Å²) in [6, 6.07) is 0. The summed E-state index contributed by atoms with van der Waals surface area (Å²) in [6.45, 7) is 7.15. The van der Waals surface area contributed by atoms with E-state index in [2.05, 4.69) is 0 Å². The van der Waals surface area contributed by atoms with Crippen LogP contribution in [0.1, 0.15) is 27.7 Å². The molecule has 1 atom stereocenters. The van der Waals surface area contributed by atoms with Gasteiger partial charge in [0.05, 0.1) is 6.61 Å². The molecule has 0 aromatic rings. The number of carbonyl (C=O) groups is 2. The number of esters is 1. The fourth-order valence-electron chi connectivity index (χ4n) is 1.14. The first-order chi connectivity index (χ1) is 5.50. The lowest BCUT2D eigenvalue weighted by Crippen LogP contribution is -2.28. The van der Waals surface area contributed by atoms with Gasteiger partial charge in [0.15, 0.2) is 0 Å². The molecule has 0 rings (SSSR count). The van der Waals surface area contributed by atoms with Crippen LogP contribution in [0.3, 0.4) is 0 Å². The number of hydrogen-bond donors (Lipinski definition) is 0. The molecule has 0 aromatic carbocycles. The van der Waals surface area contributed by atoms with Crippen LogP contribution in [0.5, 0.6) is 0 Å². The zero-order valence-corrected chi connectivity index (χ0v) is 8.09. The van der Waals surface area contributed by atoms with Crippen LogP contribution in [0.25, 0.3) is 0 Å². The van der Waals surface area contributed by atoms with E-state index in [0.717, 1.165) is 0 Å². The van der Waals surface area contributed by atoms with Gasteiger partial charge in [-0.3, -0.25) is 9.59 Å². The number of ketones is 1. The highest BCUT2D eigenvalue weighted by atomic mass is 16.5. The first-order valence-corrected chi connectivity index (χ1v) is 4.17. The van der Waals surface area contributed by atoms with Gasteiger partial charge in [0.2, 0.25) is 0 Å². The van der Waals surface area contributed by atoms with Crippen molar-refractivity contribution in [2.24, 2.45) is 11.8 Å². The van der Waals surface area contributed by atoms with Crippen molar-refractivity contribution in [3.63, 3.8) is 0 Å². The quantitative estimate of drug-likeness (QED) is 0.475. The second-order valence-electron chi connectivity index (χ2n) is 3.08. The van der Waals surface area contributed by atoms with Crippen molar-refractivity contribution in [1.82, 2.24) is 0 Å². The molecule has 12 heavy (non-hydrogen) atoms. The van der Waals surface area contributed by atoms with Crippen molar-refractivity contribution in [2.75, 3.05) is 6.61 Å². The number of carbonyl (C=O) groups excluding carboxylic acids is 2. The van der Waals surface area contributed by atoms with Crippen LogP contribution in [0, 0.1) is 11.8 Å². The molecule has 0 radical (unpaired) electrons. The largest absolute Gasteiger partial charge is 0.465 e. The summed E-state index contributed by atoms with van der Waals surface area (Å²) < 4.78 is 4.77. The summed E-state index contributed by atoms with van der Waals surface area (Å²) in [4.78, 5) is 22.2. The number of rotatable bonds is 4. The molecule has 0 heterocycles. The van der Waals surface area contributed by atoms with Crippen molar-refractivity contribution in [2.45, 2.75) is 27.7 Å². The summed E-state index contributed by atoms with van der Waals surface area (Å²) in [5, 5.41) is 0. The third-order valence-electron chi connectivity index (χ3n) is 1.65. The molecule has 0 unspecified atom stereocenters. The summed E-state index contributed by atoms with van der Waals surface area (Å²) in [5.74, 6) is -1.10. The van der Waals surface area contributed by atoms with Crippen LogP contribution in [-0.4, -0.2) is 18.4 Å². The lowest BCUT2D eigenvalue weighted by Gasteiger charge is -2.15. The summed E-state index contributed by atoms with van der Waals surface area (Å²) >= 11 is 0. The molecular weight excluding hydrogens is 156 g/mol. The third-order valence-corrected chi connectivity index (χ3v) is 1.65. The van der Waals surface area contributed by atoms with Gasteiger partial charge in [-0.1, -0.05) is 13.8 Å². The van der Waals surface area contributed by atoms with E-state index in [1.165, 1.54) is 6.92 Å².